The molecule has 0 radical (unpaired) electrons. The highest BCUT2D eigenvalue weighted by Crippen LogP contribution is 2.29. The molecule has 0 unspecified atom stereocenters. The van der Waals surface area contributed by atoms with E-state index < -0.39 is 17.4 Å². The number of nitrogens with one attached hydrogen (secondary N) is 1. The van der Waals surface area contributed by atoms with Crippen LogP contribution in [0.4, 0.5) is 5.82 Å². The van der Waals surface area contributed by atoms with Crippen molar-refractivity contribution in [1.82, 2.24) is 20.0 Å². The van der Waals surface area contributed by atoms with Crippen LogP contribution in [0, 0.1) is 0 Å². The molecular formula is C17H13N5O4. The third kappa shape index (κ3) is 2.21. The Bertz CT molecular complexity index is 1130. The number of nitrogen functional groups attached to an aromatic ring is 1. The maximum absolute atomic E-state index is 12.6. The third-order valence-corrected chi connectivity index (χ3v) is 4.11. The summed E-state index contributed by atoms with van der Waals surface area (Å²) in [5.41, 5.74) is 6.34. The second kappa shape index (κ2) is 5.66. The van der Waals surface area contributed by atoms with Gasteiger partial charge in [0.2, 0.25) is 0 Å². The highest BCUT2D eigenvalue weighted by molar-refractivity contribution is 6.23. The lowest BCUT2D eigenvalue weighted by Crippen LogP contribution is -2.24. The molecule has 3 heterocycles. The Morgan fingerprint density at radius 1 is 1.15 bits per heavy atom. The molecule has 0 aliphatic carbocycles. The first-order chi connectivity index (χ1) is 12.5. The molecule has 26 heavy (non-hydrogen) atoms. The van der Waals surface area contributed by atoms with Gasteiger partial charge in [-0.1, -0.05) is 24.2 Å². The first kappa shape index (κ1) is 15.8. The molecule has 3 aromatic rings. The van der Waals surface area contributed by atoms with Gasteiger partial charge in [-0.3, -0.25) is 24.3 Å². The number of pyridine rings is 1. The molecule has 2 aromatic heterocycles. The fourth-order valence-electron chi connectivity index (χ4n) is 2.88. The largest absolute Gasteiger partial charge is 0.384 e. The second-order valence-electron chi connectivity index (χ2n) is 5.66. The first-order valence-corrected chi connectivity index (χ1v) is 7.84. The Balaban J connectivity index is 1.98. The summed E-state index contributed by atoms with van der Waals surface area (Å²) in [6.45, 7) is 1.89. The number of carbonyl (C=O) groups is 2. The average Bonchev–Trinajstić information content (AvgIpc) is 3.20. The van der Waals surface area contributed by atoms with E-state index in [0.717, 1.165) is 10.6 Å². The Morgan fingerprint density at radius 2 is 1.92 bits per heavy atom. The number of fused-ring (bicyclic) bond motifs is 1. The Hall–Kier alpha value is -3.75. The van der Waals surface area contributed by atoms with Gasteiger partial charge in [0.05, 0.1) is 22.4 Å². The molecule has 1 aliphatic rings. The number of carbonyl (C=O) groups excluding carboxylic acids is 2. The predicted octanol–water partition coefficient (Wildman–Crippen LogP) is 0.916. The maximum Gasteiger partial charge on any atom is 0.262 e. The summed E-state index contributed by atoms with van der Waals surface area (Å²) < 4.78 is 6.42. The summed E-state index contributed by atoms with van der Waals surface area (Å²) in [6, 6.07) is 7.89. The summed E-state index contributed by atoms with van der Waals surface area (Å²) in [6.07, 6.45) is 0.592. The molecule has 9 nitrogen and oxygen atoms in total. The number of aryl methyl sites for hydroxylation is 1. The molecule has 1 aromatic carbocycles. The molecule has 9 heteroatoms. The molecule has 0 spiro atoms. The molecule has 3 N–H and O–H groups in total. The second-order valence-corrected chi connectivity index (χ2v) is 5.66. The van der Waals surface area contributed by atoms with E-state index in [9.17, 15) is 14.4 Å². The number of rotatable bonds is 3. The van der Waals surface area contributed by atoms with Crippen molar-refractivity contribution in [3.05, 3.63) is 57.6 Å². The number of nitrogens with two attached hydrogens (primary N) is 1. The molecule has 1 aliphatic heterocycles. The molecule has 130 valence electrons. The highest BCUT2D eigenvalue weighted by atomic mass is 16.5. The zero-order valence-electron chi connectivity index (χ0n) is 13.6. The summed E-state index contributed by atoms with van der Waals surface area (Å²) >= 11 is 0. The van der Waals surface area contributed by atoms with Crippen molar-refractivity contribution in [2.75, 3.05) is 5.73 Å². The van der Waals surface area contributed by atoms with Crippen molar-refractivity contribution in [1.29, 1.82) is 0 Å². The van der Waals surface area contributed by atoms with Gasteiger partial charge in [0.25, 0.3) is 23.3 Å². The van der Waals surface area contributed by atoms with Gasteiger partial charge in [-0.25, -0.2) is 0 Å². The van der Waals surface area contributed by atoms with Crippen LogP contribution in [-0.4, -0.2) is 26.5 Å². The van der Waals surface area contributed by atoms with Gasteiger partial charge in [-0.15, -0.1) is 0 Å². The minimum atomic E-state index is -0.640. The number of hydrogen-bond acceptors (Lipinski definition) is 7. The molecule has 0 fully saturated rings. The summed E-state index contributed by atoms with van der Waals surface area (Å²) in [5, 5.41) is 5.99. The quantitative estimate of drug-likeness (QED) is 0.670. The van der Waals surface area contributed by atoms with Crippen LogP contribution in [0.3, 0.4) is 0 Å². The van der Waals surface area contributed by atoms with Crippen LogP contribution >= 0.6 is 0 Å². The standard InChI is InChI=1S/C17H13N5O4/c1-2-11-19-17(26-21-11)8-5-3-4-6-10(8)22-12(23)7-9-13(14(22)18)16(25)20-15(9)24/h3-7H,2,18H2,1H3,(H,20,24,25). The molecule has 0 saturated heterocycles. The summed E-state index contributed by atoms with van der Waals surface area (Å²) in [4.78, 5) is 40.7. The highest BCUT2D eigenvalue weighted by Gasteiger charge is 2.32. The predicted molar refractivity (Wildman–Crippen MR) is 90.9 cm³/mol. The number of nitrogens with zero attached hydrogens (tertiary/aromatic N) is 3. The lowest BCUT2D eigenvalue weighted by Gasteiger charge is -2.14. The zero-order chi connectivity index (χ0) is 18.4. The van der Waals surface area contributed by atoms with Crippen molar-refractivity contribution >= 4 is 17.6 Å². The van der Waals surface area contributed by atoms with Crippen molar-refractivity contribution in [2.45, 2.75) is 13.3 Å². The molecular weight excluding hydrogens is 338 g/mol. The fraction of sp³-hybridized carbons (Fsp3) is 0.118. The Labute approximate surface area is 146 Å². The van der Waals surface area contributed by atoms with E-state index in [0.29, 0.717) is 23.5 Å². The number of para-hydroxylation sites is 1. The van der Waals surface area contributed by atoms with Crippen LogP contribution in [0.25, 0.3) is 17.1 Å². The van der Waals surface area contributed by atoms with Gasteiger partial charge in [-0.2, -0.15) is 4.98 Å². The minimum Gasteiger partial charge on any atom is -0.384 e. The molecule has 0 atom stereocenters. The van der Waals surface area contributed by atoms with Crippen LogP contribution in [0.1, 0.15) is 33.5 Å². The van der Waals surface area contributed by atoms with Crippen molar-refractivity contribution in [3.8, 4) is 17.1 Å². The van der Waals surface area contributed by atoms with E-state index in [2.05, 4.69) is 15.5 Å². The van der Waals surface area contributed by atoms with Crippen LogP contribution in [0.15, 0.2) is 39.6 Å². The Morgan fingerprint density at radius 3 is 2.65 bits per heavy atom. The normalized spacial score (nSPS) is 13.0. The van der Waals surface area contributed by atoms with Gasteiger partial charge in [0, 0.05) is 12.5 Å². The molecule has 4 rings (SSSR count). The fourth-order valence-corrected chi connectivity index (χ4v) is 2.88. The summed E-state index contributed by atoms with van der Waals surface area (Å²) in [5.74, 6) is -0.657. The van der Waals surface area contributed by atoms with Crippen molar-refractivity contribution in [3.63, 3.8) is 0 Å². The number of anilines is 1. The number of hydrogen-bond donors (Lipinski definition) is 2. The van der Waals surface area contributed by atoms with E-state index in [1.165, 1.54) is 0 Å². The van der Waals surface area contributed by atoms with Gasteiger partial charge in [0.1, 0.15) is 5.82 Å². The SMILES string of the molecule is CCc1noc(-c2ccccc2-n2c(N)c3c(cc2=O)C(=O)NC3=O)n1. The average molecular weight is 351 g/mol. The minimum absolute atomic E-state index is 0.0239. The van der Waals surface area contributed by atoms with Crippen LogP contribution in [0.2, 0.25) is 0 Å². The topological polar surface area (TPSA) is 133 Å². The van der Waals surface area contributed by atoms with E-state index in [-0.39, 0.29) is 22.8 Å². The Kier molecular flexibility index (Phi) is 3.43. The van der Waals surface area contributed by atoms with Gasteiger partial charge < -0.3 is 10.3 Å². The van der Waals surface area contributed by atoms with Gasteiger partial charge in [0.15, 0.2) is 5.82 Å². The van der Waals surface area contributed by atoms with Gasteiger partial charge in [-0.05, 0) is 12.1 Å². The molecule has 2 amide bonds. The lowest BCUT2D eigenvalue weighted by atomic mass is 10.1. The van der Waals surface area contributed by atoms with E-state index in [1.807, 2.05) is 6.92 Å². The van der Waals surface area contributed by atoms with Gasteiger partial charge >= 0.3 is 0 Å². The first-order valence-electron chi connectivity index (χ1n) is 7.84. The number of benzene rings is 1. The lowest BCUT2D eigenvalue weighted by molar-refractivity contribution is 0.0880. The molecule has 0 bridgehead atoms. The number of aromatic nitrogens is 3. The molecule has 0 saturated carbocycles. The van der Waals surface area contributed by atoms with Crippen LogP contribution < -0.4 is 16.6 Å². The van der Waals surface area contributed by atoms with Crippen LogP contribution in [0.5, 0.6) is 0 Å². The van der Waals surface area contributed by atoms with E-state index >= 15 is 0 Å². The zero-order valence-corrected chi connectivity index (χ0v) is 13.6. The monoisotopic (exact) mass is 351 g/mol. The maximum atomic E-state index is 12.6. The smallest absolute Gasteiger partial charge is 0.262 e. The van der Waals surface area contributed by atoms with E-state index in [1.54, 1.807) is 24.3 Å². The van der Waals surface area contributed by atoms with E-state index in [4.69, 9.17) is 10.3 Å². The number of imide groups is 1. The van der Waals surface area contributed by atoms with Crippen molar-refractivity contribution in [2.24, 2.45) is 0 Å². The van der Waals surface area contributed by atoms with Crippen molar-refractivity contribution < 1.29 is 14.1 Å². The number of amides is 2. The third-order valence-electron chi connectivity index (χ3n) is 4.11. The van der Waals surface area contributed by atoms with Crippen LogP contribution in [-0.2, 0) is 6.42 Å². The summed E-state index contributed by atoms with van der Waals surface area (Å²) in [7, 11) is 0.